The highest BCUT2D eigenvalue weighted by atomic mass is 32.2. The van der Waals surface area contributed by atoms with Crippen molar-refractivity contribution in [2.24, 2.45) is 0 Å². The second-order valence-corrected chi connectivity index (χ2v) is 7.67. The van der Waals surface area contributed by atoms with Crippen molar-refractivity contribution in [2.45, 2.75) is 82.8 Å². The maximum atomic E-state index is 11.7. The maximum Gasteiger partial charge on any atom is 0.326 e. The molecule has 2 N–H and O–H groups in total. The van der Waals surface area contributed by atoms with Crippen LogP contribution in [0.1, 0.15) is 77.6 Å². The second kappa shape index (κ2) is 12.7. The maximum absolute atomic E-state index is 11.7. The fraction of sp³-hybridized carbons (Fsp3) is 0.812. The normalized spacial score (nSPS) is 12.5. The summed E-state index contributed by atoms with van der Waals surface area (Å²) >= 11 is 0. The molecular weight excluding hydrogens is 352 g/mol. The zero-order chi connectivity index (χ0) is 19.3. The van der Waals surface area contributed by atoms with Crippen LogP contribution in [0.3, 0.4) is 0 Å². The van der Waals surface area contributed by atoms with Crippen molar-refractivity contribution in [3.8, 4) is 0 Å². The Balaban J connectivity index is 4.07. The summed E-state index contributed by atoms with van der Waals surface area (Å²) in [4.78, 5) is 32.9. The number of hydrogen-bond donors (Lipinski definition) is 2. The van der Waals surface area contributed by atoms with Gasteiger partial charge >= 0.3 is 28.0 Å². The summed E-state index contributed by atoms with van der Waals surface area (Å²) in [6.07, 6.45) is 7.85. The van der Waals surface area contributed by atoms with Crippen molar-refractivity contribution in [2.75, 3.05) is 0 Å². The smallest absolute Gasteiger partial charge is 0.326 e. The summed E-state index contributed by atoms with van der Waals surface area (Å²) in [6.45, 7) is 2.15. The molecule has 0 rings (SSSR count). The first-order valence-corrected chi connectivity index (χ1v) is 10.1. The second-order valence-electron chi connectivity index (χ2n) is 5.95. The lowest BCUT2D eigenvalue weighted by Gasteiger charge is -2.11. The lowest BCUT2D eigenvalue weighted by atomic mass is 10.1. The molecule has 0 saturated carbocycles. The van der Waals surface area contributed by atoms with Crippen molar-refractivity contribution in [1.82, 2.24) is 0 Å². The van der Waals surface area contributed by atoms with Crippen LogP contribution in [0.4, 0.5) is 0 Å². The number of carbonyl (C=O) groups excluding carboxylic acids is 1. The number of carboxylic acids is 2. The number of rotatable bonds is 15. The molecule has 0 aromatic rings. The van der Waals surface area contributed by atoms with Gasteiger partial charge in [0.15, 0.2) is 0 Å². The third-order valence-electron chi connectivity index (χ3n) is 3.68. The number of aliphatic carboxylic acids is 2. The standard InChI is InChI=1S/C16H28O8S/c1-2-3-4-5-6-7-8-9-10-11-15(19)24-25(22,23)13(16(20)21)12-14(17)18/h13H,2-12H2,1H3,(H,17,18)(H,20,21). The highest BCUT2D eigenvalue weighted by molar-refractivity contribution is 7.88. The van der Waals surface area contributed by atoms with Gasteiger partial charge in [0.1, 0.15) is 0 Å². The molecule has 9 heteroatoms. The van der Waals surface area contributed by atoms with Gasteiger partial charge in [-0.3, -0.25) is 14.4 Å². The predicted octanol–water partition coefficient (Wildman–Crippen LogP) is 2.71. The molecule has 0 aromatic heterocycles. The molecule has 0 saturated heterocycles. The van der Waals surface area contributed by atoms with Gasteiger partial charge in [-0.15, -0.1) is 0 Å². The molecule has 146 valence electrons. The van der Waals surface area contributed by atoms with E-state index < -0.39 is 39.7 Å². The first-order chi connectivity index (χ1) is 11.7. The summed E-state index contributed by atoms with van der Waals surface area (Å²) < 4.78 is 27.6. The highest BCUT2D eigenvalue weighted by Crippen LogP contribution is 2.14. The Morgan fingerprint density at radius 2 is 1.36 bits per heavy atom. The van der Waals surface area contributed by atoms with Gasteiger partial charge in [0.25, 0.3) is 0 Å². The Morgan fingerprint density at radius 3 is 1.80 bits per heavy atom. The van der Waals surface area contributed by atoms with Crippen LogP contribution in [0.5, 0.6) is 0 Å². The first kappa shape index (κ1) is 23.4. The molecule has 0 aliphatic rings. The lowest BCUT2D eigenvalue weighted by molar-refractivity contribution is -0.143. The fourth-order valence-corrected chi connectivity index (χ4v) is 3.33. The molecule has 8 nitrogen and oxygen atoms in total. The molecule has 0 fully saturated rings. The predicted molar refractivity (Wildman–Crippen MR) is 90.5 cm³/mol. The van der Waals surface area contributed by atoms with Gasteiger partial charge in [-0.25, -0.2) is 0 Å². The average molecular weight is 380 g/mol. The van der Waals surface area contributed by atoms with Gasteiger partial charge in [-0.1, -0.05) is 58.3 Å². The minimum atomic E-state index is -4.81. The van der Waals surface area contributed by atoms with Gasteiger partial charge in [0, 0.05) is 6.42 Å². The van der Waals surface area contributed by atoms with Gasteiger partial charge in [-0.05, 0) is 6.42 Å². The molecule has 0 aliphatic heterocycles. The van der Waals surface area contributed by atoms with Crippen molar-refractivity contribution < 1.29 is 37.2 Å². The summed E-state index contributed by atoms with van der Waals surface area (Å²) in [7, 11) is -4.81. The fourth-order valence-electron chi connectivity index (χ4n) is 2.28. The highest BCUT2D eigenvalue weighted by Gasteiger charge is 2.37. The van der Waals surface area contributed by atoms with E-state index in [-0.39, 0.29) is 6.42 Å². The summed E-state index contributed by atoms with van der Waals surface area (Å²) in [5.74, 6) is -4.52. The van der Waals surface area contributed by atoms with Gasteiger partial charge in [-0.2, -0.15) is 8.42 Å². The zero-order valence-electron chi connectivity index (χ0n) is 14.6. The molecule has 0 radical (unpaired) electrons. The van der Waals surface area contributed by atoms with E-state index in [2.05, 4.69) is 11.1 Å². The average Bonchev–Trinajstić information content (AvgIpc) is 2.50. The van der Waals surface area contributed by atoms with Crippen molar-refractivity contribution in [1.29, 1.82) is 0 Å². The van der Waals surface area contributed by atoms with E-state index in [1.165, 1.54) is 25.7 Å². The summed E-state index contributed by atoms with van der Waals surface area (Å²) in [6, 6.07) is 0. The van der Waals surface area contributed by atoms with Crippen molar-refractivity contribution in [3.63, 3.8) is 0 Å². The van der Waals surface area contributed by atoms with Crippen LogP contribution < -0.4 is 0 Å². The molecule has 0 amide bonds. The van der Waals surface area contributed by atoms with E-state index >= 15 is 0 Å². The molecule has 25 heavy (non-hydrogen) atoms. The van der Waals surface area contributed by atoms with E-state index in [4.69, 9.17) is 10.2 Å². The first-order valence-electron chi connectivity index (χ1n) is 8.61. The van der Waals surface area contributed by atoms with Crippen LogP contribution in [0.2, 0.25) is 0 Å². The van der Waals surface area contributed by atoms with Gasteiger partial charge in [0.2, 0.25) is 5.25 Å². The number of carbonyl (C=O) groups is 3. The van der Waals surface area contributed by atoms with Crippen LogP contribution in [0.15, 0.2) is 0 Å². The molecule has 0 aliphatic carbocycles. The Bertz CT molecular complexity index is 526. The molecule has 1 atom stereocenters. The van der Waals surface area contributed by atoms with Crippen LogP contribution in [0.25, 0.3) is 0 Å². The minimum Gasteiger partial charge on any atom is -0.481 e. The molecular formula is C16H28O8S. The Hall–Kier alpha value is -1.64. The third kappa shape index (κ3) is 11.5. The van der Waals surface area contributed by atoms with Crippen molar-refractivity contribution >= 4 is 28.0 Å². The molecule has 1 unspecified atom stereocenters. The van der Waals surface area contributed by atoms with Crippen LogP contribution >= 0.6 is 0 Å². The van der Waals surface area contributed by atoms with E-state index in [1.807, 2.05) is 0 Å². The van der Waals surface area contributed by atoms with E-state index in [0.29, 0.717) is 6.42 Å². The number of carboxylic acid groups (broad SMARTS) is 2. The summed E-state index contributed by atoms with van der Waals surface area (Å²) in [5, 5.41) is 15.0. The minimum absolute atomic E-state index is 0.144. The van der Waals surface area contributed by atoms with E-state index in [9.17, 15) is 22.8 Å². The molecule has 0 spiro atoms. The SMILES string of the molecule is CCCCCCCCCCCC(=O)OS(=O)(=O)C(CC(=O)O)C(=O)O. The van der Waals surface area contributed by atoms with E-state index in [1.54, 1.807) is 0 Å². The topological polar surface area (TPSA) is 135 Å². The van der Waals surface area contributed by atoms with Gasteiger partial charge < -0.3 is 14.4 Å². The monoisotopic (exact) mass is 380 g/mol. The quantitative estimate of drug-likeness (QED) is 0.327. The molecule has 0 aromatic carbocycles. The summed E-state index contributed by atoms with van der Waals surface area (Å²) in [5.41, 5.74) is 0. The Labute approximate surface area is 148 Å². The molecule has 0 heterocycles. The van der Waals surface area contributed by atoms with Crippen LogP contribution in [-0.4, -0.2) is 41.8 Å². The Kier molecular flexibility index (Phi) is 11.9. The zero-order valence-corrected chi connectivity index (χ0v) is 15.4. The Morgan fingerprint density at radius 1 is 0.880 bits per heavy atom. The molecule has 0 bridgehead atoms. The number of hydrogen-bond acceptors (Lipinski definition) is 6. The third-order valence-corrected chi connectivity index (χ3v) is 5.16. The number of unbranched alkanes of at least 4 members (excludes halogenated alkanes) is 8. The largest absolute Gasteiger partial charge is 0.481 e. The van der Waals surface area contributed by atoms with Crippen molar-refractivity contribution in [3.05, 3.63) is 0 Å². The van der Waals surface area contributed by atoms with Crippen LogP contribution in [0, 0.1) is 0 Å². The van der Waals surface area contributed by atoms with Gasteiger partial charge in [0.05, 0.1) is 6.42 Å². The van der Waals surface area contributed by atoms with E-state index in [0.717, 1.165) is 25.7 Å². The lowest BCUT2D eigenvalue weighted by Crippen LogP contribution is -2.35. The van der Waals surface area contributed by atoms with Crippen LogP contribution in [-0.2, 0) is 28.7 Å².